The van der Waals surface area contributed by atoms with Crippen molar-refractivity contribution in [2.24, 2.45) is 5.92 Å². The monoisotopic (exact) mass is 498 g/mol. The van der Waals surface area contributed by atoms with Crippen LogP contribution in [0.5, 0.6) is 11.5 Å². The zero-order valence-corrected chi connectivity index (χ0v) is 21.4. The maximum Gasteiger partial charge on any atom is 0.247 e. The second-order valence-corrected chi connectivity index (χ2v) is 9.21. The smallest absolute Gasteiger partial charge is 0.247 e. The first-order valence-corrected chi connectivity index (χ1v) is 12.6. The third kappa shape index (κ3) is 6.79. The number of carbonyl (C=O) groups is 2. The summed E-state index contributed by atoms with van der Waals surface area (Å²) in [4.78, 5) is 29.6. The molecule has 0 aromatic heterocycles. The van der Waals surface area contributed by atoms with E-state index in [4.69, 9.17) is 9.47 Å². The molecule has 0 aliphatic heterocycles. The average Bonchev–Trinajstić information content (AvgIpc) is 2.94. The highest BCUT2D eigenvalue weighted by Crippen LogP contribution is 2.32. The summed E-state index contributed by atoms with van der Waals surface area (Å²) >= 11 is 0. The number of nitrogens with zero attached hydrogens (tertiary/aromatic N) is 1. The molecule has 0 saturated heterocycles. The number of anilines is 1. The van der Waals surface area contributed by atoms with Gasteiger partial charge in [0.05, 0.1) is 26.3 Å². The molecule has 0 heterocycles. The molecule has 1 aliphatic rings. The van der Waals surface area contributed by atoms with Gasteiger partial charge in [-0.05, 0) is 48.4 Å². The Kier molecular flexibility index (Phi) is 8.98. The van der Waals surface area contributed by atoms with Crippen LogP contribution in [0.4, 0.5) is 5.69 Å². The van der Waals surface area contributed by atoms with E-state index in [1.165, 1.54) is 0 Å². The standard InChI is InChI=1S/C31H34N2O4/c1-36-26-18-19-27(28(21-26)37-2)32-31(35)30(25-16-10-5-11-17-25)33(22-24-14-8-4-9-15-24)29(34)20-23-12-6-3-7-13-23/h3-10,12-15,18-19,21,25,30H,11,16-17,20,22H2,1-2H3,(H,32,35). The van der Waals surface area contributed by atoms with Gasteiger partial charge in [-0.2, -0.15) is 0 Å². The Morgan fingerprint density at radius 2 is 1.62 bits per heavy atom. The van der Waals surface area contributed by atoms with Gasteiger partial charge >= 0.3 is 0 Å². The first kappa shape index (κ1) is 26.0. The average molecular weight is 499 g/mol. The van der Waals surface area contributed by atoms with Crippen LogP contribution in [0, 0.1) is 5.92 Å². The lowest BCUT2D eigenvalue weighted by Crippen LogP contribution is -2.51. The number of ether oxygens (including phenoxy) is 2. The molecular formula is C31H34N2O4. The lowest BCUT2D eigenvalue weighted by atomic mass is 9.85. The minimum absolute atomic E-state index is 0.00215. The van der Waals surface area contributed by atoms with Crippen LogP contribution in [-0.2, 0) is 22.6 Å². The molecule has 0 radical (unpaired) electrons. The van der Waals surface area contributed by atoms with Gasteiger partial charge in [0.15, 0.2) is 0 Å². The third-order valence-corrected chi connectivity index (χ3v) is 6.74. The van der Waals surface area contributed by atoms with Crippen molar-refractivity contribution >= 4 is 17.5 Å². The lowest BCUT2D eigenvalue weighted by Gasteiger charge is -2.37. The van der Waals surface area contributed by atoms with Crippen LogP contribution < -0.4 is 14.8 Å². The predicted octanol–water partition coefficient (Wildman–Crippen LogP) is 5.64. The van der Waals surface area contributed by atoms with Crippen molar-refractivity contribution in [2.75, 3.05) is 19.5 Å². The zero-order chi connectivity index (χ0) is 26.0. The topological polar surface area (TPSA) is 67.9 Å². The molecule has 6 heteroatoms. The molecule has 6 nitrogen and oxygen atoms in total. The Balaban J connectivity index is 1.69. The minimum Gasteiger partial charge on any atom is -0.497 e. The maximum absolute atomic E-state index is 14.0. The van der Waals surface area contributed by atoms with Crippen LogP contribution >= 0.6 is 0 Å². The Bertz CT molecular complexity index is 1210. The molecule has 0 spiro atoms. The molecule has 0 bridgehead atoms. The number of amides is 2. The number of hydrogen-bond acceptors (Lipinski definition) is 4. The predicted molar refractivity (Wildman–Crippen MR) is 146 cm³/mol. The van der Waals surface area contributed by atoms with Crippen LogP contribution in [-0.4, -0.2) is 37.0 Å². The first-order valence-electron chi connectivity index (χ1n) is 12.6. The summed E-state index contributed by atoms with van der Waals surface area (Å²) in [5.41, 5.74) is 2.44. The summed E-state index contributed by atoms with van der Waals surface area (Å²) in [5.74, 6) is 0.831. The Labute approximate surface area is 218 Å². The van der Waals surface area contributed by atoms with E-state index >= 15 is 0 Å². The highest BCUT2D eigenvalue weighted by molar-refractivity contribution is 5.98. The van der Waals surface area contributed by atoms with Gasteiger partial charge in [-0.25, -0.2) is 0 Å². The molecule has 0 saturated carbocycles. The fraction of sp³-hybridized carbons (Fsp3) is 0.290. The van der Waals surface area contributed by atoms with Crippen LogP contribution in [0.2, 0.25) is 0 Å². The minimum atomic E-state index is -0.645. The third-order valence-electron chi connectivity index (χ3n) is 6.74. The van der Waals surface area contributed by atoms with E-state index in [1.807, 2.05) is 60.7 Å². The molecule has 2 atom stereocenters. The van der Waals surface area contributed by atoms with Gasteiger partial charge in [-0.3, -0.25) is 9.59 Å². The summed E-state index contributed by atoms with van der Waals surface area (Å²) in [6.07, 6.45) is 6.94. The molecule has 3 aromatic rings. The fourth-order valence-corrected chi connectivity index (χ4v) is 4.82. The van der Waals surface area contributed by atoms with E-state index in [0.717, 1.165) is 30.4 Å². The van der Waals surface area contributed by atoms with Crippen molar-refractivity contribution in [3.63, 3.8) is 0 Å². The van der Waals surface area contributed by atoms with Crippen molar-refractivity contribution in [1.82, 2.24) is 4.90 Å². The van der Waals surface area contributed by atoms with Crippen molar-refractivity contribution in [3.8, 4) is 11.5 Å². The summed E-state index contributed by atoms with van der Waals surface area (Å²) in [7, 11) is 3.14. The number of nitrogens with one attached hydrogen (secondary N) is 1. The van der Waals surface area contributed by atoms with E-state index in [-0.39, 0.29) is 24.2 Å². The molecule has 4 rings (SSSR count). The Morgan fingerprint density at radius 3 is 2.24 bits per heavy atom. The van der Waals surface area contributed by atoms with E-state index in [0.29, 0.717) is 23.7 Å². The van der Waals surface area contributed by atoms with Crippen LogP contribution in [0.25, 0.3) is 0 Å². The lowest BCUT2D eigenvalue weighted by molar-refractivity contribution is -0.141. The van der Waals surface area contributed by atoms with Gasteiger partial charge in [0.25, 0.3) is 0 Å². The highest BCUT2D eigenvalue weighted by Gasteiger charge is 2.36. The van der Waals surface area contributed by atoms with Crippen LogP contribution in [0.15, 0.2) is 91.0 Å². The number of methoxy groups -OCH3 is 2. The Morgan fingerprint density at radius 1 is 0.919 bits per heavy atom. The van der Waals surface area contributed by atoms with Gasteiger partial charge < -0.3 is 19.7 Å². The first-order chi connectivity index (χ1) is 18.1. The van der Waals surface area contributed by atoms with E-state index < -0.39 is 6.04 Å². The van der Waals surface area contributed by atoms with Crippen molar-refractivity contribution in [1.29, 1.82) is 0 Å². The van der Waals surface area contributed by atoms with E-state index in [2.05, 4.69) is 17.5 Å². The molecule has 3 aromatic carbocycles. The number of rotatable bonds is 10. The number of allylic oxidation sites excluding steroid dienone is 2. The number of benzene rings is 3. The van der Waals surface area contributed by atoms with E-state index in [9.17, 15) is 9.59 Å². The maximum atomic E-state index is 14.0. The van der Waals surface area contributed by atoms with Gasteiger partial charge in [0, 0.05) is 12.6 Å². The van der Waals surface area contributed by atoms with Gasteiger partial charge in [-0.1, -0.05) is 72.8 Å². The number of carbonyl (C=O) groups excluding carboxylic acids is 2. The van der Waals surface area contributed by atoms with Gasteiger partial charge in [0.1, 0.15) is 17.5 Å². The molecule has 1 aliphatic carbocycles. The molecule has 1 N–H and O–H groups in total. The van der Waals surface area contributed by atoms with Crippen molar-refractivity contribution in [3.05, 3.63) is 102 Å². The van der Waals surface area contributed by atoms with Crippen molar-refractivity contribution < 1.29 is 19.1 Å². The summed E-state index contributed by atoms with van der Waals surface area (Å²) in [6.45, 7) is 0.352. The zero-order valence-electron chi connectivity index (χ0n) is 21.4. The molecule has 192 valence electrons. The highest BCUT2D eigenvalue weighted by atomic mass is 16.5. The molecule has 2 unspecified atom stereocenters. The van der Waals surface area contributed by atoms with Crippen LogP contribution in [0.1, 0.15) is 30.4 Å². The molecule has 37 heavy (non-hydrogen) atoms. The molecule has 2 amide bonds. The van der Waals surface area contributed by atoms with Crippen LogP contribution in [0.3, 0.4) is 0 Å². The Hall–Kier alpha value is -4.06. The fourth-order valence-electron chi connectivity index (χ4n) is 4.82. The summed E-state index contributed by atoms with van der Waals surface area (Å²) in [5, 5.41) is 3.06. The van der Waals surface area contributed by atoms with E-state index in [1.54, 1.807) is 37.3 Å². The second kappa shape index (κ2) is 12.8. The normalized spacial score (nSPS) is 15.5. The SMILES string of the molecule is COc1ccc(NC(=O)C(C2CC=CCC2)N(Cc2ccccc2)C(=O)Cc2ccccc2)c(OC)c1. The largest absolute Gasteiger partial charge is 0.497 e. The quantitative estimate of drug-likeness (QED) is 0.368. The number of hydrogen-bond donors (Lipinski definition) is 1. The summed E-state index contributed by atoms with van der Waals surface area (Å²) < 4.78 is 10.8. The van der Waals surface area contributed by atoms with Crippen molar-refractivity contribution in [2.45, 2.75) is 38.3 Å². The molecule has 0 fully saturated rings. The van der Waals surface area contributed by atoms with Gasteiger partial charge in [0.2, 0.25) is 11.8 Å². The van der Waals surface area contributed by atoms with Gasteiger partial charge in [-0.15, -0.1) is 0 Å². The molecular weight excluding hydrogens is 464 g/mol. The summed E-state index contributed by atoms with van der Waals surface area (Å²) in [6, 6.07) is 24.1. The second-order valence-electron chi connectivity index (χ2n) is 9.21.